The van der Waals surface area contributed by atoms with Gasteiger partial charge in [-0.1, -0.05) is 35.3 Å². The third kappa shape index (κ3) is 3.43. The molecule has 0 N–H and O–H groups in total. The van der Waals surface area contributed by atoms with Gasteiger partial charge in [0.2, 0.25) is 5.91 Å². The molecule has 8 heteroatoms. The number of carbonyl (C=O) groups excluding carboxylic acids is 3. The molecule has 1 aliphatic heterocycles. The monoisotopic (exact) mass is 394 g/mol. The molecule has 0 saturated carbocycles. The Morgan fingerprint density at radius 3 is 2.04 bits per heavy atom. The first-order chi connectivity index (χ1) is 12.3. The van der Waals surface area contributed by atoms with Crippen LogP contribution in [0.4, 0.5) is 4.39 Å². The summed E-state index contributed by atoms with van der Waals surface area (Å²) in [4.78, 5) is 39.5. The average molecular weight is 395 g/mol. The Kier molecular flexibility index (Phi) is 4.98. The van der Waals surface area contributed by atoms with E-state index >= 15 is 0 Å². The van der Waals surface area contributed by atoms with E-state index in [1.54, 1.807) is 12.1 Å². The van der Waals surface area contributed by atoms with E-state index in [-0.39, 0.29) is 33.5 Å². The minimum absolute atomic E-state index is 0.124. The predicted octanol–water partition coefficient (Wildman–Crippen LogP) is 3.39. The molecular weight excluding hydrogens is 382 g/mol. The normalized spacial score (nSPS) is 13.2. The van der Waals surface area contributed by atoms with Crippen molar-refractivity contribution in [2.24, 2.45) is 0 Å². The van der Waals surface area contributed by atoms with Crippen LogP contribution in [0.15, 0.2) is 36.4 Å². The summed E-state index contributed by atoms with van der Waals surface area (Å²) in [5.41, 5.74) is 0.972. The Hall–Kier alpha value is -2.44. The number of rotatable bonds is 4. The second kappa shape index (κ2) is 7.05. The first kappa shape index (κ1) is 18.4. The molecule has 0 radical (unpaired) electrons. The van der Waals surface area contributed by atoms with E-state index in [4.69, 9.17) is 23.2 Å². The van der Waals surface area contributed by atoms with Crippen LogP contribution in [0.1, 0.15) is 26.3 Å². The second-order valence-electron chi connectivity index (χ2n) is 5.88. The maximum atomic E-state index is 12.9. The van der Waals surface area contributed by atoms with Crippen LogP contribution < -0.4 is 0 Å². The van der Waals surface area contributed by atoms with E-state index < -0.39 is 24.3 Å². The molecule has 2 aromatic carbocycles. The second-order valence-corrected chi connectivity index (χ2v) is 6.70. The van der Waals surface area contributed by atoms with Crippen molar-refractivity contribution in [3.8, 4) is 0 Å². The zero-order valence-electron chi connectivity index (χ0n) is 13.6. The molecule has 3 rings (SSSR count). The highest BCUT2D eigenvalue weighted by Crippen LogP contribution is 2.31. The van der Waals surface area contributed by atoms with Crippen molar-refractivity contribution in [1.29, 1.82) is 0 Å². The van der Waals surface area contributed by atoms with Crippen LogP contribution in [0, 0.1) is 5.82 Å². The lowest BCUT2D eigenvalue weighted by molar-refractivity contribution is -0.130. The number of amides is 3. The van der Waals surface area contributed by atoms with E-state index in [0.717, 1.165) is 10.5 Å². The summed E-state index contributed by atoms with van der Waals surface area (Å²) in [5.74, 6) is -1.98. The number of carbonyl (C=O) groups is 3. The minimum Gasteiger partial charge on any atom is -0.340 e. The van der Waals surface area contributed by atoms with Gasteiger partial charge in [-0.05, 0) is 29.8 Å². The van der Waals surface area contributed by atoms with Crippen LogP contribution in [0.25, 0.3) is 0 Å². The third-order valence-corrected chi connectivity index (χ3v) is 4.79. The minimum atomic E-state index is -0.591. The summed E-state index contributed by atoms with van der Waals surface area (Å²) in [7, 11) is 1.54. The molecule has 0 unspecified atom stereocenters. The summed E-state index contributed by atoms with van der Waals surface area (Å²) in [6.07, 6.45) is 0. The highest BCUT2D eigenvalue weighted by molar-refractivity contribution is 6.43. The molecule has 0 bridgehead atoms. The molecular formula is C18H13Cl2FN2O3. The summed E-state index contributed by atoms with van der Waals surface area (Å²) < 4.78 is 12.9. The molecule has 3 amide bonds. The van der Waals surface area contributed by atoms with Crippen molar-refractivity contribution in [2.75, 3.05) is 13.6 Å². The molecule has 2 aromatic rings. The van der Waals surface area contributed by atoms with Gasteiger partial charge in [0.05, 0.1) is 21.2 Å². The van der Waals surface area contributed by atoms with E-state index in [1.165, 1.54) is 36.2 Å². The predicted molar refractivity (Wildman–Crippen MR) is 94.7 cm³/mol. The fourth-order valence-electron chi connectivity index (χ4n) is 2.64. The molecule has 0 spiro atoms. The van der Waals surface area contributed by atoms with Crippen molar-refractivity contribution < 1.29 is 18.8 Å². The Morgan fingerprint density at radius 1 is 1.04 bits per heavy atom. The molecule has 0 atom stereocenters. The lowest BCUT2D eigenvalue weighted by Crippen LogP contribution is -2.40. The highest BCUT2D eigenvalue weighted by atomic mass is 35.5. The molecule has 0 aromatic heterocycles. The zero-order valence-corrected chi connectivity index (χ0v) is 15.1. The average Bonchev–Trinajstić information content (AvgIpc) is 2.82. The van der Waals surface area contributed by atoms with Gasteiger partial charge in [0.1, 0.15) is 12.4 Å². The first-order valence-corrected chi connectivity index (χ1v) is 8.37. The summed E-state index contributed by atoms with van der Waals surface area (Å²) in [6.45, 7) is -0.181. The van der Waals surface area contributed by atoms with Gasteiger partial charge in [-0.25, -0.2) is 4.39 Å². The Morgan fingerprint density at radius 2 is 1.54 bits per heavy atom. The molecule has 134 valence electrons. The van der Waals surface area contributed by atoms with E-state index in [0.29, 0.717) is 0 Å². The van der Waals surface area contributed by atoms with Crippen LogP contribution in [0.2, 0.25) is 10.0 Å². The van der Waals surface area contributed by atoms with Gasteiger partial charge < -0.3 is 4.90 Å². The fourth-order valence-corrected chi connectivity index (χ4v) is 2.96. The van der Waals surface area contributed by atoms with Crippen molar-refractivity contribution in [3.63, 3.8) is 0 Å². The standard InChI is InChI=1S/C18H13Cl2FN2O3/c1-22(8-10-2-4-11(21)5-3-10)16(24)9-23-17(25)12-6-14(19)15(20)7-13(12)18(23)26/h2-7H,8-9H2,1H3. The van der Waals surface area contributed by atoms with Gasteiger partial charge in [-0.3, -0.25) is 19.3 Å². The molecule has 0 aliphatic carbocycles. The van der Waals surface area contributed by atoms with Gasteiger partial charge in [0.15, 0.2) is 0 Å². The lowest BCUT2D eigenvalue weighted by Gasteiger charge is -2.20. The number of hydrogen-bond acceptors (Lipinski definition) is 3. The van der Waals surface area contributed by atoms with Crippen LogP contribution in [0.3, 0.4) is 0 Å². The van der Waals surface area contributed by atoms with Crippen molar-refractivity contribution >= 4 is 40.9 Å². The number of imide groups is 1. The van der Waals surface area contributed by atoms with Crippen molar-refractivity contribution in [1.82, 2.24) is 9.80 Å². The van der Waals surface area contributed by atoms with E-state index in [9.17, 15) is 18.8 Å². The Bertz CT molecular complexity index is 874. The van der Waals surface area contributed by atoms with Gasteiger partial charge in [-0.15, -0.1) is 0 Å². The number of halogens is 3. The molecule has 0 saturated heterocycles. The first-order valence-electron chi connectivity index (χ1n) is 7.61. The molecule has 26 heavy (non-hydrogen) atoms. The molecule has 1 heterocycles. The zero-order chi connectivity index (χ0) is 19.0. The molecule has 1 aliphatic rings. The van der Waals surface area contributed by atoms with Crippen molar-refractivity contribution in [2.45, 2.75) is 6.54 Å². The number of fused-ring (bicyclic) bond motifs is 1. The topological polar surface area (TPSA) is 57.7 Å². The number of nitrogens with zero attached hydrogens (tertiary/aromatic N) is 2. The molecule has 0 fully saturated rings. The van der Waals surface area contributed by atoms with Crippen molar-refractivity contribution in [3.05, 3.63) is 69.0 Å². The Balaban J connectivity index is 1.72. The summed E-state index contributed by atoms with van der Waals surface area (Å²) >= 11 is 11.8. The SMILES string of the molecule is CN(Cc1ccc(F)cc1)C(=O)CN1C(=O)c2cc(Cl)c(Cl)cc2C1=O. The number of benzene rings is 2. The van der Waals surface area contributed by atoms with Crippen LogP contribution in [-0.4, -0.2) is 41.1 Å². The molecule has 5 nitrogen and oxygen atoms in total. The lowest BCUT2D eigenvalue weighted by atomic mass is 10.1. The maximum Gasteiger partial charge on any atom is 0.262 e. The van der Waals surface area contributed by atoms with E-state index in [2.05, 4.69) is 0 Å². The van der Waals surface area contributed by atoms with Crippen LogP contribution in [-0.2, 0) is 11.3 Å². The van der Waals surface area contributed by atoms with Crippen LogP contribution in [0.5, 0.6) is 0 Å². The Labute approximate surface area is 158 Å². The van der Waals surface area contributed by atoms with Gasteiger partial charge in [0.25, 0.3) is 11.8 Å². The largest absolute Gasteiger partial charge is 0.340 e. The summed E-state index contributed by atoms with van der Waals surface area (Å²) in [5, 5.41) is 0.321. The van der Waals surface area contributed by atoms with E-state index in [1.807, 2.05) is 0 Å². The quantitative estimate of drug-likeness (QED) is 0.746. The number of hydrogen-bond donors (Lipinski definition) is 0. The number of likely N-dealkylation sites (N-methyl/N-ethyl adjacent to an activating group) is 1. The van der Waals surface area contributed by atoms with Gasteiger partial charge in [0, 0.05) is 13.6 Å². The maximum absolute atomic E-state index is 12.9. The summed E-state index contributed by atoms with van der Waals surface area (Å²) in [6, 6.07) is 8.37. The smallest absolute Gasteiger partial charge is 0.262 e. The van der Waals surface area contributed by atoms with Gasteiger partial charge in [-0.2, -0.15) is 0 Å². The fraction of sp³-hybridized carbons (Fsp3) is 0.167. The van der Waals surface area contributed by atoms with Crippen LogP contribution >= 0.6 is 23.2 Å². The highest BCUT2D eigenvalue weighted by Gasteiger charge is 2.37. The van der Waals surface area contributed by atoms with Gasteiger partial charge >= 0.3 is 0 Å². The third-order valence-electron chi connectivity index (χ3n) is 4.06.